The maximum atomic E-state index is 13.2. The maximum Gasteiger partial charge on any atom is 0.191 e. The molecule has 1 aromatic heterocycles. The smallest absolute Gasteiger partial charge is 0.191 e. The normalized spacial score (nSPS) is 13.7. The molecule has 0 fully saturated rings. The number of halogens is 3. The van der Waals surface area contributed by atoms with E-state index in [1.54, 1.807) is 19.1 Å². The summed E-state index contributed by atoms with van der Waals surface area (Å²) in [6, 6.07) is 6.84. The first-order valence-corrected chi connectivity index (χ1v) is 8.14. The van der Waals surface area contributed by atoms with Gasteiger partial charge in [-0.05, 0) is 50.1 Å². The number of benzene rings is 1. The van der Waals surface area contributed by atoms with E-state index < -0.39 is 17.2 Å². The molecule has 26 heavy (non-hydrogen) atoms. The average Bonchev–Trinajstić information content (AvgIpc) is 3.07. The van der Waals surface area contributed by atoms with Crippen LogP contribution in [0.2, 0.25) is 0 Å². The molecule has 0 aliphatic rings. The van der Waals surface area contributed by atoms with Crippen molar-refractivity contribution in [1.29, 1.82) is 0 Å². The molecule has 2 aromatic rings. The predicted molar refractivity (Wildman–Crippen MR) is 108 cm³/mol. The Hall–Kier alpha value is -1.68. The van der Waals surface area contributed by atoms with Crippen LogP contribution >= 0.6 is 24.0 Å². The van der Waals surface area contributed by atoms with Gasteiger partial charge >= 0.3 is 0 Å². The van der Waals surface area contributed by atoms with Crippen LogP contribution in [0.1, 0.15) is 25.2 Å². The fraction of sp³-hybridized carbons (Fsp3) is 0.389. The van der Waals surface area contributed by atoms with Crippen molar-refractivity contribution in [3.63, 3.8) is 0 Å². The molecule has 1 heterocycles. The minimum atomic E-state index is -1.22. The van der Waals surface area contributed by atoms with Gasteiger partial charge < -0.3 is 20.2 Å². The Labute approximate surface area is 168 Å². The molecule has 144 valence electrons. The number of guanidine groups is 1. The van der Waals surface area contributed by atoms with E-state index in [2.05, 4.69) is 15.6 Å². The predicted octanol–water partition coefficient (Wildman–Crippen LogP) is 3.18. The maximum absolute atomic E-state index is 13.2. The van der Waals surface area contributed by atoms with Crippen molar-refractivity contribution in [2.45, 2.75) is 25.9 Å². The fourth-order valence-corrected chi connectivity index (χ4v) is 2.32. The Bertz CT molecular complexity index is 686. The molecule has 1 aromatic carbocycles. The van der Waals surface area contributed by atoms with Gasteiger partial charge in [0, 0.05) is 19.2 Å². The first kappa shape index (κ1) is 22.4. The molecule has 0 saturated carbocycles. The van der Waals surface area contributed by atoms with Crippen molar-refractivity contribution in [3.8, 4) is 0 Å². The van der Waals surface area contributed by atoms with Crippen LogP contribution in [0.5, 0.6) is 0 Å². The minimum absolute atomic E-state index is 0. The van der Waals surface area contributed by atoms with Gasteiger partial charge in [0.25, 0.3) is 0 Å². The highest BCUT2D eigenvalue weighted by atomic mass is 127. The van der Waals surface area contributed by atoms with Gasteiger partial charge in [0.15, 0.2) is 5.96 Å². The lowest BCUT2D eigenvalue weighted by Crippen LogP contribution is -2.39. The highest BCUT2D eigenvalue weighted by Crippen LogP contribution is 2.21. The third kappa shape index (κ3) is 6.91. The lowest BCUT2D eigenvalue weighted by Gasteiger charge is -2.19. The van der Waals surface area contributed by atoms with Crippen molar-refractivity contribution in [2.24, 2.45) is 4.99 Å². The first-order valence-electron chi connectivity index (χ1n) is 8.14. The van der Waals surface area contributed by atoms with Crippen molar-refractivity contribution >= 4 is 29.9 Å². The summed E-state index contributed by atoms with van der Waals surface area (Å²) >= 11 is 0. The molecule has 0 spiro atoms. The number of aliphatic hydroxyl groups is 1. The molecular formula is C18H24F2IN3O2. The third-order valence-corrected chi connectivity index (χ3v) is 3.57. The number of rotatable bonds is 7. The summed E-state index contributed by atoms with van der Waals surface area (Å²) in [6.45, 7) is 4.73. The van der Waals surface area contributed by atoms with Gasteiger partial charge in [0.05, 0.1) is 12.8 Å². The molecular weight excluding hydrogens is 455 g/mol. The second kappa shape index (κ2) is 10.5. The van der Waals surface area contributed by atoms with E-state index in [-0.39, 0.29) is 30.5 Å². The third-order valence-electron chi connectivity index (χ3n) is 3.57. The van der Waals surface area contributed by atoms with Gasteiger partial charge in [0.2, 0.25) is 0 Å². The number of hydrogen-bond acceptors (Lipinski definition) is 3. The van der Waals surface area contributed by atoms with Crippen LogP contribution < -0.4 is 10.6 Å². The van der Waals surface area contributed by atoms with E-state index in [1.165, 1.54) is 18.4 Å². The van der Waals surface area contributed by atoms with Crippen molar-refractivity contribution in [1.82, 2.24) is 10.6 Å². The molecule has 1 atom stereocenters. The van der Waals surface area contributed by atoms with Crippen LogP contribution in [0.4, 0.5) is 8.78 Å². The number of nitrogens with one attached hydrogen (secondary N) is 2. The molecule has 0 aliphatic carbocycles. The summed E-state index contributed by atoms with van der Waals surface area (Å²) in [5.41, 5.74) is -0.666. The summed E-state index contributed by atoms with van der Waals surface area (Å²) in [6.07, 6.45) is 1.93. The highest BCUT2D eigenvalue weighted by Gasteiger charge is 2.26. The largest absolute Gasteiger partial charge is 0.466 e. The molecule has 8 heteroatoms. The zero-order valence-corrected chi connectivity index (χ0v) is 17.1. The molecule has 2 rings (SSSR count). The topological polar surface area (TPSA) is 69.8 Å². The Morgan fingerprint density at radius 3 is 2.50 bits per heavy atom. The molecule has 0 saturated heterocycles. The quantitative estimate of drug-likeness (QED) is 0.324. The van der Waals surface area contributed by atoms with Gasteiger partial charge in [-0.25, -0.2) is 13.8 Å². The first-order chi connectivity index (χ1) is 11.9. The van der Waals surface area contributed by atoms with Crippen LogP contribution in [-0.4, -0.2) is 30.7 Å². The lowest BCUT2D eigenvalue weighted by atomic mass is 10.0. The summed E-state index contributed by atoms with van der Waals surface area (Å²) in [5.74, 6) is -0.247. The Kier molecular flexibility index (Phi) is 9.00. The van der Waals surface area contributed by atoms with Gasteiger partial charge in [-0.2, -0.15) is 0 Å². The minimum Gasteiger partial charge on any atom is -0.466 e. The SMILES string of the molecule is CCNC(=NCC(C)(O)c1ccco1)NCCc1cc(F)cc(F)c1.I. The van der Waals surface area contributed by atoms with E-state index in [0.29, 0.717) is 36.8 Å². The fourth-order valence-electron chi connectivity index (χ4n) is 2.32. The van der Waals surface area contributed by atoms with Crippen LogP contribution in [0.3, 0.4) is 0 Å². The summed E-state index contributed by atoms with van der Waals surface area (Å²) in [5, 5.41) is 16.6. The molecule has 0 radical (unpaired) electrons. The van der Waals surface area contributed by atoms with Gasteiger partial charge in [-0.3, -0.25) is 0 Å². The standard InChI is InChI=1S/C18H23F2N3O2.HI/c1-3-21-17(23-12-18(2,24)16-5-4-8-25-16)22-7-6-13-9-14(19)11-15(20)10-13;/h4-5,8-11,24H,3,6-7,12H2,1-2H3,(H2,21,22,23);1H. The number of aliphatic imine (C=N–C) groups is 1. The molecule has 3 N–H and O–H groups in total. The molecule has 5 nitrogen and oxygen atoms in total. The summed E-state index contributed by atoms with van der Waals surface area (Å²) in [7, 11) is 0. The van der Waals surface area contributed by atoms with E-state index in [0.717, 1.165) is 6.07 Å². The van der Waals surface area contributed by atoms with Crippen molar-refractivity contribution in [3.05, 3.63) is 59.6 Å². The number of hydrogen-bond donors (Lipinski definition) is 3. The molecule has 0 amide bonds. The van der Waals surface area contributed by atoms with E-state index in [9.17, 15) is 13.9 Å². The average molecular weight is 479 g/mol. The highest BCUT2D eigenvalue weighted by molar-refractivity contribution is 14.0. The number of furan rings is 1. The molecule has 0 bridgehead atoms. The van der Waals surface area contributed by atoms with Crippen molar-refractivity contribution < 1.29 is 18.3 Å². The zero-order valence-electron chi connectivity index (χ0n) is 14.8. The Balaban J connectivity index is 0.00000338. The monoisotopic (exact) mass is 479 g/mol. The van der Waals surface area contributed by atoms with Gasteiger partial charge in [-0.1, -0.05) is 0 Å². The summed E-state index contributed by atoms with van der Waals surface area (Å²) < 4.78 is 31.6. The van der Waals surface area contributed by atoms with Crippen molar-refractivity contribution in [2.75, 3.05) is 19.6 Å². The summed E-state index contributed by atoms with van der Waals surface area (Å²) in [4.78, 5) is 4.34. The zero-order chi connectivity index (χ0) is 18.3. The van der Waals surface area contributed by atoms with E-state index in [4.69, 9.17) is 4.42 Å². The Morgan fingerprint density at radius 1 is 1.23 bits per heavy atom. The van der Waals surface area contributed by atoms with E-state index in [1.807, 2.05) is 6.92 Å². The van der Waals surface area contributed by atoms with Gasteiger partial charge in [0.1, 0.15) is 23.0 Å². The van der Waals surface area contributed by atoms with Crippen LogP contribution in [0, 0.1) is 11.6 Å². The lowest BCUT2D eigenvalue weighted by molar-refractivity contribution is 0.0437. The van der Waals surface area contributed by atoms with Gasteiger partial charge in [-0.15, -0.1) is 24.0 Å². The number of nitrogens with zero attached hydrogens (tertiary/aromatic N) is 1. The van der Waals surface area contributed by atoms with Crippen LogP contribution in [-0.2, 0) is 12.0 Å². The Morgan fingerprint density at radius 2 is 1.92 bits per heavy atom. The van der Waals surface area contributed by atoms with Crippen LogP contribution in [0.25, 0.3) is 0 Å². The second-order valence-electron chi connectivity index (χ2n) is 5.90. The van der Waals surface area contributed by atoms with Crippen LogP contribution in [0.15, 0.2) is 46.0 Å². The second-order valence-corrected chi connectivity index (χ2v) is 5.90. The molecule has 0 aliphatic heterocycles. The molecule has 1 unspecified atom stereocenters. The van der Waals surface area contributed by atoms with E-state index >= 15 is 0 Å².